The standard InChI is InChI=1S/C11H19NO/c12-5-4-11-8-2-1-3-9(11)7-10(13)6-8/h8-9,11H,1-7,12H2. The number of nitrogens with two attached hydrogens (primary N) is 1. The molecule has 0 heterocycles. The summed E-state index contributed by atoms with van der Waals surface area (Å²) in [5.41, 5.74) is 5.61. The lowest BCUT2D eigenvalue weighted by atomic mass is 9.63. The van der Waals surface area contributed by atoms with Crippen molar-refractivity contribution in [3.8, 4) is 0 Å². The Bertz CT molecular complexity index is 186. The Morgan fingerprint density at radius 3 is 2.38 bits per heavy atom. The Morgan fingerprint density at radius 1 is 1.23 bits per heavy atom. The zero-order chi connectivity index (χ0) is 9.26. The van der Waals surface area contributed by atoms with E-state index in [1.54, 1.807) is 0 Å². The van der Waals surface area contributed by atoms with Crippen molar-refractivity contribution >= 4 is 5.78 Å². The molecule has 0 aromatic rings. The molecule has 0 aliphatic heterocycles. The Kier molecular flexibility index (Phi) is 2.68. The summed E-state index contributed by atoms with van der Waals surface area (Å²) in [7, 11) is 0. The van der Waals surface area contributed by atoms with E-state index >= 15 is 0 Å². The van der Waals surface area contributed by atoms with Gasteiger partial charge in [-0.3, -0.25) is 4.79 Å². The first kappa shape index (κ1) is 9.20. The molecular formula is C11H19NO. The van der Waals surface area contributed by atoms with E-state index in [0.717, 1.165) is 31.7 Å². The van der Waals surface area contributed by atoms with Crippen LogP contribution in [0.5, 0.6) is 0 Å². The van der Waals surface area contributed by atoms with Crippen LogP contribution in [0.4, 0.5) is 0 Å². The summed E-state index contributed by atoms with van der Waals surface area (Å²) >= 11 is 0. The van der Waals surface area contributed by atoms with Gasteiger partial charge in [-0.2, -0.15) is 0 Å². The minimum atomic E-state index is 0.503. The molecule has 2 N–H and O–H groups in total. The number of fused-ring (bicyclic) bond motifs is 2. The van der Waals surface area contributed by atoms with Gasteiger partial charge in [0.25, 0.3) is 0 Å². The minimum Gasteiger partial charge on any atom is -0.330 e. The summed E-state index contributed by atoms with van der Waals surface area (Å²) in [4.78, 5) is 11.4. The summed E-state index contributed by atoms with van der Waals surface area (Å²) in [6, 6.07) is 0. The van der Waals surface area contributed by atoms with E-state index < -0.39 is 0 Å². The van der Waals surface area contributed by atoms with Crippen molar-refractivity contribution in [3.05, 3.63) is 0 Å². The Morgan fingerprint density at radius 2 is 1.85 bits per heavy atom. The third-order valence-corrected chi connectivity index (χ3v) is 3.84. The van der Waals surface area contributed by atoms with E-state index in [2.05, 4.69) is 0 Å². The first-order valence-corrected chi connectivity index (χ1v) is 5.53. The second-order valence-electron chi connectivity index (χ2n) is 4.64. The fourth-order valence-electron chi connectivity index (χ4n) is 3.29. The second-order valence-corrected chi connectivity index (χ2v) is 4.64. The zero-order valence-electron chi connectivity index (χ0n) is 8.17. The maximum absolute atomic E-state index is 11.4. The normalized spacial score (nSPS) is 39.2. The van der Waals surface area contributed by atoms with Crippen LogP contribution in [0.15, 0.2) is 0 Å². The molecule has 74 valence electrons. The first-order valence-electron chi connectivity index (χ1n) is 5.53. The highest BCUT2D eigenvalue weighted by molar-refractivity contribution is 5.79. The van der Waals surface area contributed by atoms with E-state index in [1.165, 1.54) is 19.3 Å². The van der Waals surface area contributed by atoms with Crippen LogP contribution in [0.3, 0.4) is 0 Å². The molecular weight excluding hydrogens is 162 g/mol. The van der Waals surface area contributed by atoms with Crippen molar-refractivity contribution < 1.29 is 4.79 Å². The molecule has 2 aliphatic carbocycles. The topological polar surface area (TPSA) is 43.1 Å². The maximum Gasteiger partial charge on any atom is 0.133 e. The summed E-state index contributed by atoms with van der Waals surface area (Å²) in [5, 5.41) is 0. The largest absolute Gasteiger partial charge is 0.330 e. The number of Topliss-reactive ketones (excluding diaryl/α,β-unsaturated/α-hetero) is 1. The van der Waals surface area contributed by atoms with Crippen LogP contribution < -0.4 is 5.73 Å². The number of hydrogen-bond donors (Lipinski definition) is 1. The van der Waals surface area contributed by atoms with E-state index in [1.807, 2.05) is 0 Å². The fourth-order valence-corrected chi connectivity index (χ4v) is 3.29. The van der Waals surface area contributed by atoms with Crippen LogP contribution in [-0.4, -0.2) is 12.3 Å². The summed E-state index contributed by atoms with van der Waals surface area (Å²) in [6.07, 6.45) is 6.72. The van der Waals surface area contributed by atoms with Crippen molar-refractivity contribution in [1.82, 2.24) is 0 Å². The molecule has 2 heteroatoms. The molecule has 2 rings (SSSR count). The van der Waals surface area contributed by atoms with Crippen molar-refractivity contribution in [1.29, 1.82) is 0 Å². The smallest absolute Gasteiger partial charge is 0.133 e. The molecule has 0 radical (unpaired) electrons. The van der Waals surface area contributed by atoms with Crippen LogP contribution in [-0.2, 0) is 4.79 Å². The number of carbonyl (C=O) groups excluding carboxylic acids is 1. The van der Waals surface area contributed by atoms with Gasteiger partial charge in [-0.15, -0.1) is 0 Å². The molecule has 2 atom stereocenters. The minimum absolute atomic E-state index is 0.503. The first-order chi connectivity index (χ1) is 6.31. The van der Waals surface area contributed by atoms with Crippen LogP contribution in [0.2, 0.25) is 0 Å². The van der Waals surface area contributed by atoms with Crippen LogP contribution in [0.1, 0.15) is 38.5 Å². The number of carbonyl (C=O) groups is 1. The van der Waals surface area contributed by atoms with Crippen LogP contribution >= 0.6 is 0 Å². The quantitative estimate of drug-likeness (QED) is 0.705. The van der Waals surface area contributed by atoms with Gasteiger partial charge in [0, 0.05) is 12.8 Å². The van der Waals surface area contributed by atoms with Gasteiger partial charge in [0.1, 0.15) is 5.78 Å². The molecule has 0 amide bonds. The third-order valence-electron chi connectivity index (χ3n) is 3.84. The van der Waals surface area contributed by atoms with Gasteiger partial charge >= 0.3 is 0 Å². The van der Waals surface area contributed by atoms with Gasteiger partial charge in [0.2, 0.25) is 0 Å². The molecule has 2 unspecified atom stereocenters. The van der Waals surface area contributed by atoms with E-state index in [0.29, 0.717) is 17.6 Å². The summed E-state index contributed by atoms with van der Waals surface area (Å²) in [5.74, 6) is 2.64. The molecule has 2 fully saturated rings. The van der Waals surface area contributed by atoms with Crippen LogP contribution in [0, 0.1) is 17.8 Å². The third kappa shape index (κ3) is 1.78. The van der Waals surface area contributed by atoms with Crippen molar-refractivity contribution in [2.45, 2.75) is 38.5 Å². The lowest BCUT2D eigenvalue weighted by molar-refractivity contribution is -0.126. The average molecular weight is 181 g/mol. The number of ketones is 1. The Balaban J connectivity index is 2.05. The van der Waals surface area contributed by atoms with Crippen molar-refractivity contribution in [2.24, 2.45) is 23.5 Å². The summed E-state index contributed by atoms with van der Waals surface area (Å²) < 4.78 is 0. The van der Waals surface area contributed by atoms with Crippen LogP contribution in [0.25, 0.3) is 0 Å². The van der Waals surface area contributed by atoms with Gasteiger partial charge in [-0.1, -0.05) is 6.42 Å². The molecule has 0 aromatic carbocycles. The predicted octanol–water partition coefficient (Wildman–Crippen LogP) is 1.73. The average Bonchev–Trinajstić information content (AvgIpc) is 2.07. The highest BCUT2D eigenvalue weighted by Crippen LogP contribution is 2.44. The van der Waals surface area contributed by atoms with Gasteiger partial charge in [0.05, 0.1) is 0 Å². The molecule has 0 aromatic heterocycles. The van der Waals surface area contributed by atoms with E-state index in [-0.39, 0.29) is 0 Å². The highest BCUT2D eigenvalue weighted by atomic mass is 16.1. The van der Waals surface area contributed by atoms with Crippen molar-refractivity contribution in [3.63, 3.8) is 0 Å². The van der Waals surface area contributed by atoms with E-state index in [4.69, 9.17) is 5.73 Å². The Hall–Kier alpha value is -0.370. The molecule has 2 nitrogen and oxygen atoms in total. The SMILES string of the molecule is NCCC1C2CCCC1CC(=O)C2. The lowest BCUT2D eigenvalue weighted by Gasteiger charge is -2.41. The Labute approximate surface area is 79.9 Å². The molecule has 2 bridgehead atoms. The predicted molar refractivity (Wildman–Crippen MR) is 52.2 cm³/mol. The molecule has 13 heavy (non-hydrogen) atoms. The number of rotatable bonds is 2. The summed E-state index contributed by atoms with van der Waals surface area (Å²) in [6.45, 7) is 0.797. The van der Waals surface area contributed by atoms with Gasteiger partial charge in [0.15, 0.2) is 0 Å². The molecule has 0 spiro atoms. The maximum atomic E-state index is 11.4. The zero-order valence-corrected chi connectivity index (χ0v) is 8.17. The molecule has 2 aliphatic rings. The number of hydrogen-bond acceptors (Lipinski definition) is 2. The molecule has 2 saturated carbocycles. The van der Waals surface area contributed by atoms with Gasteiger partial charge in [-0.05, 0) is 43.6 Å². The monoisotopic (exact) mass is 181 g/mol. The lowest BCUT2D eigenvalue weighted by Crippen LogP contribution is -2.37. The second kappa shape index (κ2) is 3.79. The van der Waals surface area contributed by atoms with Crippen molar-refractivity contribution in [2.75, 3.05) is 6.54 Å². The van der Waals surface area contributed by atoms with Gasteiger partial charge in [-0.25, -0.2) is 0 Å². The van der Waals surface area contributed by atoms with E-state index in [9.17, 15) is 4.79 Å². The fraction of sp³-hybridized carbons (Fsp3) is 0.909. The van der Waals surface area contributed by atoms with Gasteiger partial charge < -0.3 is 5.73 Å². The highest BCUT2D eigenvalue weighted by Gasteiger charge is 2.38. The molecule has 0 saturated heterocycles.